The predicted octanol–water partition coefficient (Wildman–Crippen LogP) is 4.29. The summed E-state index contributed by atoms with van der Waals surface area (Å²) >= 11 is 0. The minimum atomic E-state index is -0.763. The molecule has 1 heterocycles. The van der Waals surface area contributed by atoms with E-state index in [0.29, 0.717) is 22.3 Å². The molecule has 1 N–H and O–H groups in total. The molecule has 0 aliphatic rings. The second-order valence-electron chi connectivity index (χ2n) is 8.09. The first-order valence-electron chi connectivity index (χ1n) is 11.1. The van der Waals surface area contributed by atoms with Gasteiger partial charge < -0.3 is 9.88 Å². The lowest BCUT2D eigenvalue weighted by atomic mass is 9.94. The van der Waals surface area contributed by atoms with Gasteiger partial charge in [-0.1, -0.05) is 78.9 Å². The summed E-state index contributed by atoms with van der Waals surface area (Å²) in [4.78, 5) is 43.2. The van der Waals surface area contributed by atoms with Gasteiger partial charge >= 0.3 is 0 Å². The summed E-state index contributed by atoms with van der Waals surface area (Å²) in [5, 5.41) is 2.91. The molecule has 4 aromatic rings. The van der Waals surface area contributed by atoms with Crippen molar-refractivity contribution >= 4 is 17.5 Å². The standard InChI is InChI=1S/C28H25N3O3/c1-20(23-13-8-14-24(17-23)26(32)21-9-4-2-5-10-21)28(34)30-25(18-31-16-15-29-19-31)27(33)22-11-6-3-7-12-22/h2-17,19-20,25H,18H2,1H3,(H,30,34)/t20-,25?/m0/s1. The van der Waals surface area contributed by atoms with E-state index in [2.05, 4.69) is 10.3 Å². The SMILES string of the molecule is C[C@H](C(=O)NC(Cn1ccnc1)C(=O)c1ccccc1)c1cccc(C(=O)c2ccccc2)c1. The van der Waals surface area contributed by atoms with Crippen molar-refractivity contribution in [3.8, 4) is 0 Å². The molecule has 2 atom stereocenters. The first kappa shape index (κ1) is 22.9. The number of amides is 1. The van der Waals surface area contributed by atoms with Crippen molar-refractivity contribution in [2.24, 2.45) is 0 Å². The Hall–Kier alpha value is -4.32. The molecular weight excluding hydrogens is 426 g/mol. The molecule has 4 rings (SSSR count). The van der Waals surface area contributed by atoms with E-state index in [0.717, 1.165) is 0 Å². The van der Waals surface area contributed by atoms with Crippen molar-refractivity contribution in [1.82, 2.24) is 14.9 Å². The number of nitrogens with zero attached hydrogens (tertiary/aromatic N) is 2. The summed E-state index contributed by atoms with van der Waals surface area (Å²) in [7, 11) is 0. The van der Waals surface area contributed by atoms with Gasteiger partial charge in [-0.3, -0.25) is 14.4 Å². The lowest BCUT2D eigenvalue weighted by Crippen LogP contribution is -2.45. The normalized spacial score (nSPS) is 12.5. The zero-order valence-corrected chi connectivity index (χ0v) is 18.8. The van der Waals surface area contributed by atoms with Crippen molar-refractivity contribution < 1.29 is 14.4 Å². The Morgan fingerprint density at radius 3 is 2.15 bits per heavy atom. The van der Waals surface area contributed by atoms with Gasteiger partial charge in [-0.25, -0.2) is 4.98 Å². The summed E-state index contributed by atoms with van der Waals surface area (Å²) in [6.07, 6.45) is 4.99. The van der Waals surface area contributed by atoms with Crippen LogP contribution in [0.1, 0.15) is 44.7 Å². The van der Waals surface area contributed by atoms with Crippen molar-refractivity contribution in [2.75, 3.05) is 0 Å². The average molecular weight is 452 g/mol. The van der Waals surface area contributed by atoms with Gasteiger partial charge in [-0.15, -0.1) is 0 Å². The third-order valence-electron chi connectivity index (χ3n) is 5.72. The minimum Gasteiger partial charge on any atom is -0.344 e. The number of hydrogen-bond acceptors (Lipinski definition) is 4. The number of carbonyl (C=O) groups excluding carboxylic acids is 3. The van der Waals surface area contributed by atoms with E-state index >= 15 is 0 Å². The van der Waals surface area contributed by atoms with E-state index in [4.69, 9.17) is 0 Å². The zero-order chi connectivity index (χ0) is 23.9. The molecule has 0 fully saturated rings. The Kier molecular flexibility index (Phi) is 7.08. The second kappa shape index (κ2) is 10.5. The zero-order valence-electron chi connectivity index (χ0n) is 18.8. The summed E-state index contributed by atoms with van der Waals surface area (Å²) in [5.41, 5.74) is 2.33. The van der Waals surface area contributed by atoms with Crippen LogP contribution >= 0.6 is 0 Å². The molecule has 0 aliphatic heterocycles. The molecule has 0 spiro atoms. The van der Waals surface area contributed by atoms with Crippen LogP contribution in [-0.4, -0.2) is 33.1 Å². The van der Waals surface area contributed by atoms with Gasteiger partial charge in [-0.2, -0.15) is 0 Å². The van der Waals surface area contributed by atoms with Crippen molar-refractivity contribution in [1.29, 1.82) is 0 Å². The first-order valence-corrected chi connectivity index (χ1v) is 11.1. The lowest BCUT2D eigenvalue weighted by molar-refractivity contribution is -0.122. The quantitative estimate of drug-likeness (QED) is 0.385. The summed E-state index contributed by atoms with van der Waals surface area (Å²) < 4.78 is 1.76. The smallest absolute Gasteiger partial charge is 0.227 e. The Bertz CT molecular complexity index is 1270. The number of Topliss-reactive ketones (excluding diaryl/α,β-unsaturated/α-hetero) is 1. The van der Waals surface area contributed by atoms with E-state index in [9.17, 15) is 14.4 Å². The number of rotatable bonds is 9. The topological polar surface area (TPSA) is 81.1 Å². The summed E-state index contributed by atoms with van der Waals surface area (Å²) in [6.45, 7) is 2.03. The molecular formula is C28H25N3O3. The Balaban J connectivity index is 1.53. The number of ketones is 2. The highest BCUT2D eigenvalue weighted by molar-refractivity contribution is 6.09. The maximum Gasteiger partial charge on any atom is 0.227 e. The molecule has 34 heavy (non-hydrogen) atoms. The van der Waals surface area contributed by atoms with Gasteiger partial charge in [0.05, 0.1) is 18.8 Å². The monoisotopic (exact) mass is 451 g/mol. The van der Waals surface area contributed by atoms with Crippen LogP contribution in [0.15, 0.2) is 104 Å². The highest BCUT2D eigenvalue weighted by Crippen LogP contribution is 2.20. The highest BCUT2D eigenvalue weighted by atomic mass is 16.2. The number of imidazole rings is 1. The molecule has 0 saturated carbocycles. The molecule has 1 amide bonds. The first-order chi connectivity index (χ1) is 16.5. The second-order valence-corrected chi connectivity index (χ2v) is 8.09. The predicted molar refractivity (Wildman–Crippen MR) is 130 cm³/mol. The van der Waals surface area contributed by atoms with Crippen LogP contribution in [0.5, 0.6) is 0 Å². The Morgan fingerprint density at radius 2 is 1.50 bits per heavy atom. The number of benzene rings is 3. The number of hydrogen-bond donors (Lipinski definition) is 1. The van der Waals surface area contributed by atoms with Crippen LogP contribution in [-0.2, 0) is 11.3 Å². The molecule has 1 aromatic heterocycles. The van der Waals surface area contributed by atoms with Crippen LogP contribution in [0, 0.1) is 0 Å². The molecule has 1 unspecified atom stereocenters. The van der Waals surface area contributed by atoms with Crippen molar-refractivity contribution in [2.45, 2.75) is 25.4 Å². The minimum absolute atomic E-state index is 0.104. The third kappa shape index (κ3) is 5.35. The number of carbonyl (C=O) groups is 3. The van der Waals surface area contributed by atoms with Gasteiger partial charge in [0.2, 0.25) is 5.91 Å². The van der Waals surface area contributed by atoms with Gasteiger partial charge in [0.25, 0.3) is 0 Å². The maximum atomic E-state index is 13.2. The fourth-order valence-corrected chi connectivity index (χ4v) is 3.76. The fourth-order valence-electron chi connectivity index (χ4n) is 3.76. The van der Waals surface area contributed by atoms with Crippen molar-refractivity contribution in [3.05, 3.63) is 126 Å². The maximum absolute atomic E-state index is 13.2. The largest absolute Gasteiger partial charge is 0.344 e. The summed E-state index contributed by atoms with van der Waals surface area (Å²) in [6, 6.07) is 24.2. The Morgan fingerprint density at radius 1 is 0.853 bits per heavy atom. The molecule has 0 radical (unpaired) electrons. The summed E-state index contributed by atoms with van der Waals surface area (Å²) in [5.74, 6) is -1.13. The average Bonchev–Trinajstić information content (AvgIpc) is 3.41. The fraction of sp³-hybridized carbons (Fsp3) is 0.143. The van der Waals surface area contributed by atoms with Gasteiger partial charge in [0.15, 0.2) is 11.6 Å². The van der Waals surface area contributed by atoms with Crippen LogP contribution in [0.25, 0.3) is 0 Å². The van der Waals surface area contributed by atoms with Crippen molar-refractivity contribution in [3.63, 3.8) is 0 Å². The van der Waals surface area contributed by atoms with E-state index < -0.39 is 12.0 Å². The number of aromatic nitrogens is 2. The molecule has 0 saturated heterocycles. The van der Waals surface area contributed by atoms with Gasteiger partial charge in [0.1, 0.15) is 6.04 Å². The molecule has 6 nitrogen and oxygen atoms in total. The lowest BCUT2D eigenvalue weighted by Gasteiger charge is -2.21. The molecule has 0 aliphatic carbocycles. The van der Waals surface area contributed by atoms with Gasteiger partial charge in [-0.05, 0) is 18.6 Å². The molecule has 6 heteroatoms. The van der Waals surface area contributed by atoms with Crippen LogP contribution in [0.2, 0.25) is 0 Å². The van der Waals surface area contributed by atoms with E-state index in [1.165, 1.54) is 0 Å². The Labute approximate surface area is 198 Å². The molecule has 0 bridgehead atoms. The highest BCUT2D eigenvalue weighted by Gasteiger charge is 2.26. The molecule has 170 valence electrons. The van der Waals surface area contributed by atoms with Crippen LogP contribution in [0.3, 0.4) is 0 Å². The van der Waals surface area contributed by atoms with Gasteiger partial charge in [0, 0.05) is 29.1 Å². The number of nitrogens with one attached hydrogen (secondary N) is 1. The van der Waals surface area contributed by atoms with E-state index in [-0.39, 0.29) is 24.0 Å². The third-order valence-corrected chi connectivity index (χ3v) is 5.72. The van der Waals surface area contributed by atoms with E-state index in [1.54, 1.807) is 84.8 Å². The molecule has 3 aromatic carbocycles. The van der Waals surface area contributed by atoms with E-state index in [1.807, 2.05) is 30.3 Å². The van der Waals surface area contributed by atoms with Crippen LogP contribution < -0.4 is 5.32 Å². The van der Waals surface area contributed by atoms with Crippen LogP contribution in [0.4, 0.5) is 0 Å².